The summed E-state index contributed by atoms with van der Waals surface area (Å²) in [7, 11) is 1.66. The SMILES string of the molecule is CCn1c(-c2cc(OC)cs2)n[nH]c1=S. The molecule has 15 heavy (non-hydrogen) atoms. The second-order valence-electron chi connectivity index (χ2n) is 2.95. The molecule has 0 fully saturated rings. The summed E-state index contributed by atoms with van der Waals surface area (Å²) in [5.41, 5.74) is 0. The third-order valence-electron chi connectivity index (χ3n) is 2.11. The molecule has 0 saturated carbocycles. The average molecular weight is 241 g/mol. The van der Waals surface area contributed by atoms with Crippen LogP contribution in [0.3, 0.4) is 0 Å². The van der Waals surface area contributed by atoms with E-state index in [0.29, 0.717) is 4.77 Å². The molecule has 0 aromatic carbocycles. The fraction of sp³-hybridized carbons (Fsp3) is 0.333. The largest absolute Gasteiger partial charge is 0.496 e. The molecular weight excluding hydrogens is 230 g/mol. The zero-order chi connectivity index (χ0) is 10.8. The number of nitrogens with one attached hydrogen (secondary N) is 1. The van der Waals surface area contributed by atoms with Crippen LogP contribution >= 0.6 is 23.6 Å². The first kappa shape index (κ1) is 10.4. The first-order chi connectivity index (χ1) is 7.26. The van der Waals surface area contributed by atoms with Crippen LogP contribution in [0.4, 0.5) is 0 Å². The van der Waals surface area contributed by atoms with E-state index >= 15 is 0 Å². The quantitative estimate of drug-likeness (QED) is 0.840. The van der Waals surface area contributed by atoms with Gasteiger partial charge in [0, 0.05) is 18.0 Å². The second kappa shape index (κ2) is 4.16. The number of methoxy groups -OCH3 is 1. The first-order valence-corrected chi connectivity index (χ1v) is 5.83. The Morgan fingerprint density at radius 2 is 2.47 bits per heavy atom. The third kappa shape index (κ3) is 1.82. The molecule has 1 N–H and O–H groups in total. The summed E-state index contributed by atoms with van der Waals surface area (Å²) < 4.78 is 7.75. The second-order valence-corrected chi connectivity index (χ2v) is 4.25. The maximum absolute atomic E-state index is 5.13. The number of aromatic amines is 1. The van der Waals surface area contributed by atoms with E-state index in [1.165, 1.54) is 0 Å². The highest BCUT2D eigenvalue weighted by Crippen LogP contribution is 2.29. The van der Waals surface area contributed by atoms with Gasteiger partial charge in [0.1, 0.15) is 5.75 Å². The van der Waals surface area contributed by atoms with Crippen LogP contribution in [0.25, 0.3) is 10.7 Å². The van der Waals surface area contributed by atoms with Gasteiger partial charge in [-0.05, 0) is 19.1 Å². The van der Waals surface area contributed by atoms with Gasteiger partial charge in [-0.25, -0.2) is 0 Å². The monoisotopic (exact) mass is 241 g/mol. The lowest BCUT2D eigenvalue weighted by molar-refractivity contribution is 0.417. The summed E-state index contributed by atoms with van der Waals surface area (Å²) in [6.45, 7) is 2.85. The highest BCUT2D eigenvalue weighted by molar-refractivity contribution is 7.71. The number of hydrogen-bond acceptors (Lipinski definition) is 4. The van der Waals surface area contributed by atoms with Crippen LogP contribution in [-0.4, -0.2) is 21.9 Å². The summed E-state index contributed by atoms with van der Waals surface area (Å²) in [6, 6.07) is 1.96. The fourth-order valence-electron chi connectivity index (χ4n) is 1.34. The van der Waals surface area contributed by atoms with Gasteiger partial charge in [-0.2, -0.15) is 5.10 Å². The Kier molecular flexibility index (Phi) is 2.88. The predicted molar refractivity (Wildman–Crippen MR) is 63.0 cm³/mol. The summed E-state index contributed by atoms with van der Waals surface area (Å²) in [4.78, 5) is 1.06. The van der Waals surface area contributed by atoms with Crippen molar-refractivity contribution in [1.29, 1.82) is 0 Å². The molecule has 6 heteroatoms. The highest BCUT2D eigenvalue weighted by atomic mass is 32.1. The molecule has 0 aliphatic heterocycles. The van der Waals surface area contributed by atoms with Crippen molar-refractivity contribution >= 4 is 23.6 Å². The summed E-state index contributed by atoms with van der Waals surface area (Å²) in [6.07, 6.45) is 0. The molecule has 0 aliphatic rings. The smallest absolute Gasteiger partial charge is 0.195 e. The van der Waals surface area contributed by atoms with Gasteiger partial charge in [-0.15, -0.1) is 11.3 Å². The van der Waals surface area contributed by atoms with Gasteiger partial charge in [-0.1, -0.05) is 0 Å². The number of rotatable bonds is 3. The molecule has 0 saturated heterocycles. The molecule has 0 atom stereocenters. The van der Waals surface area contributed by atoms with Crippen molar-refractivity contribution in [3.63, 3.8) is 0 Å². The zero-order valence-electron chi connectivity index (χ0n) is 8.48. The van der Waals surface area contributed by atoms with Crippen molar-refractivity contribution in [2.24, 2.45) is 0 Å². The van der Waals surface area contributed by atoms with Gasteiger partial charge in [0.05, 0.1) is 12.0 Å². The van der Waals surface area contributed by atoms with Gasteiger partial charge in [0.2, 0.25) is 0 Å². The molecular formula is C9H11N3OS2. The van der Waals surface area contributed by atoms with E-state index in [4.69, 9.17) is 17.0 Å². The lowest BCUT2D eigenvalue weighted by Crippen LogP contribution is -1.96. The fourth-order valence-corrected chi connectivity index (χ4v) is 2.46. The number of H-pyrrole nitrogens is 1. The lowest BCUT2D eigenvalue weighted by atomic mass is 10.4. The summed E-state index contributed by atoms with van der Waals surface area (Å²) in [5, 5.41) is 8.95. The average Bonchev–Trinajstić information content (AvgIpc) is 2.83. The van der Waals surface area contributed by atoms with E-state index < -0.39 is 0 Å². The Balaban J connectivity index is 2.48. The van der Waals surface area contributed by atoms with Crippen molar-refractivity contribution in [3.8, 4) is 16.5 Å². The van der Waals surface area contributed by atoms with Crippen LogP contribution in [0, 0.1) is 4.77 Å². The van der Waals surface area contributed by atoms with Crippen molar-refractivity contribution < 1.29 is 4.74 Å². The molecule has 2 aromatic heterocycles. The summed E-state index contributed by atoms with van der Waals surface area (Å²) in [5.74, 6) is 1.72. The minimum atomic E-state index is 0.653. The van der Waals surface area contributed by atoms with E-state index in [9.17, 15) is 0 Å². The first-order valence-electron chi connectivity index (χ1n) is 4.54. The Morgan fingerprint density at radius 3 is 3.07 bits per heavy atom. The molecule has 0 spiro atoms. The van der Waals surface area contributed by atoms with E-state index in [2.05, 4.69) is 10.2 Å². The van der Waals surface area contributed by atoms with E-state index in [1.807, 2.05) is 22.9 Å². The van der Waals surface area contributed by atoms with E-state index in [-0.39, 0.29) is 0 Å². The number of thiophene rings is 1. The van der Waals surface area contributed by atoms with Crippen molar-refractivity contribution in [3.05, 3.63) is 16.2 Å². The molecule has 0 radical (unpaired) electrons. The Hall–Kier alpha value is -1.14. The van der Waals surface area contributed by atoms with E-state index in [0.717, 1.165) is 23.0 Å². The van der Waals surface area contributed by atoms with Crippen LogP contribution in [0.5, 0.6) is 5.75 Å². The molecule has 0 bridgehead atoms. The zero-order valence-corrected chi connectivity index (χ0v) is 10.1. The van der Waals surface area contributed by atoms with Gasteiger partial charge in [-0.3, -0.25) is 9.67 Å². The van der Waals surface area contributed by atoms with Crippen molar-refractivity contribution in [1.82, 2.24) is 14.8 Å². The van der Waals surface area contributed by atoms with Crippen molar-refractivity contribution in [2.45, 2.75) is 13.5 Å². The standard InChI is InChI=1S/C9H11N3OS2/c1-3-12-8(10-11-9(12)14)7-4-6(13-2)5-15-7/h4-5H,3H2,1-2H3,(H,11,14). The van der Waals surface area contributed by atoms with Gasteiger partial charge >= 0.3 is 0 Å². The molecule has 4 nitrogen and oxygen atoms in total. The van der Waals surface area contributed by atoms with Crippen LogP contribution in [0.2, 0.25) is 0 Å². The molecule has 0 unspecified atom stereocenters. The number of hydrogen-bond donors (Lipinski definition) is 1. The minimum absolute atomic E-state index is 0.653. The van der Waals surface area contributed by atoms with Crippen LogP contribution < -0.4 is 4.74 Å². The molecule has 2 aromatic rings. The van der Waals surface area contributed by atoms with Gasteiger partial charge < -0.3 is 4.74 Å². The molecule has 0 amide bonds. The normalized spacial score (nSPS) is 10.5. The molecule has 0 aliphatic carbocycles. The van der Waals surface area contributed by atoms with Crippen LogP contribution in [0.15, 0.2) is 11.4 Å². The number of nitrogens with zero attached hydrogens (tertiary/aromatic N) is 2. The Labute approximate surface area is 96.5 Å². The van der Waals surface area contributed by atoms with Crippen LogP contribution in [-0.2, 0) is 6.54 Å². The molecule has 2 rings (SSSR count). The van der Waals surface area contributed by atoms with Gasteiger partial charge in [0.15, 0.2) is 10.6 Å². The Bertz CT molecular complexity index is 511. The predicted octanol–water partition coefficient (Wildman–Crippen LogP) is 2.70. The highest BCUT2D eigenvalue weighted by Gasteiger charge is 2.10. The van der Waals surface area contributed by atoms with Crippen molar-refractivity contribution in [2.75, 3.05) is 7.11 Å². The topological polar surface area (TPSA) is 42.8 Å². The maximum Gasteiger partial charge on any atom is 0.195 e. The summed E-state index contributed by atoms with van der Waals surface area (Å²) >= 11 is 6.72. The lowest BCUT2D eigenvalue weighted by Gasteiger charge is -1.99. The minimum Gasteiger partial charge on any atom is -0.496 e. The maximum atomic E-state index is 5.13. The van der Waals surface area contributed by atoms with E-state index in [1.54, 1.807) is 18.4 Å². The third-order valence-corrected chi connectivity index (χ3v) is 3.32. The molecule has 80 valence electrons. The van der Waals surface area contributed by atoms with Crippen LogP contribution in [0.1, 0.15) is 6.92 Å². The number of aromatic nitrogens is 3. The number of ether oxygens (including phenoxy) is 1. The Morgan fingerprint density at radius 1 is 1.67 bits per heavy atom. The molecule has 2 heterocycles. The van der Waals surface area contributed by atoms with Gasteiger partial charge in [0.25, 0.3) is 0 Å².